The van der Waals surface area contributed by atoms with Crippen molar-refractivity contribution in [2.75, 3.05) is 0 Å². The lowest BCUT2D eigenvalue weighted by Gasteiger charge is -1.98. The quantitative estimate of drug-likeness (QED) is 0.698. The molecule has 0 saturated heterocycles. The highest BCUT2D eigenvalue weighted by atomic mass is 15.4. The van der Waals surface area contributed by atoms with Gasteiger partial charge in [-0.2, -0.15) is 19.8 Å². The summed E-state index contributed by atoms with van der Waals surface area (Å²) < 4.78 is 5.43. The molecule has 0 bridgehead atoms. The van der Waals surface area contributed by atoms with Crippen LogP contribution in [-0.2, 0) is 13.6 Å². The molecule has 22 heavy (non-hydrogen) atoms. The van der Waals surface area contributed by atoms with Crippen LogP contribution in [0.15, 0.2) is 10.2 Å². The standard InChI is InChI=1S/C14H20N8/c1-7-21-13(8(2)9(3)17-21)16-15-12-10(4)18-22-11(5)19-20(6)14(12)22/h7H2,1-6H3/b16-15+. The zero-order valence-electron chi connectivity index (χ0n) is 13.8. The lowest BCUT2D eigenvalue weighted by Crippen LogP contribution is -1.95. The molecule has 0 N–H and O–H groups in total. The van der Waals surface area contributed by atoms with Crippen LogP contribution in [0.5, 0.6) is 0 Å². The number of hydrogen-bond acceptors (Lipinski definition) is 5. The van der Waals surface area contributed by atoms with Crippen molar-refractivity contribution in [3.63, 3.8) is 0 Å². The minimum Gasteiger partial charge on any atom is -0.247 e. The third-order valence-electron chi connectivity index (χ3n) is 3.85. The molecule has 0 radical (unpaired) electrons. The highest BCUT2D eigenvalue weighted by Crippen LogP contribution is 2.29. The fraction of sp³-hybridized carbons (Fsp3) is 0.500. The number of nitrogens with zero attached hydrogens (tertiary/aromatic N) is 8. The summed E-state index contributed by atoms with van der Waals surface area (Å²) in [5, 5.41) is 22.2. The normalized spacial score (nSPS) is 12.1. The molecule has 3 heterocycles. The Morgan fingerprint density at radius 3 is 2.36 bits per heavy atom. The lowest BCUT2D eigenvalue weighted by molar-refractivity contribution is 0.654. The van der Waals surface area contributed by atoms with Crippen molar-refractivity contribution >= 4 is 17.2 Å². The minimum atomic E-state index is 0.740. The molecule has 3 aromatic heterocycles. The third kappa shape index (κ3) is 2.02. The highest BCUT2D eigenvalue weighted by molar-refractivity contribution is 5.67. The molecular weight excluding hydrogens is 280 g/mol. The Labute approximate surface area is 128 Å². The molecule has 3 aromatic rings. The number of rotatable bonds is 3. The maximum atomic E-state index is 4.47. The summed E-state index contributed by atoms with van der Waals surface area (Å²) in [5.41, 5.74) is 4.44. The summed E-state index contributed by atoms with van der Waals surface area (Å²) in [6.45, 7) is 10.6. The van der Waals surface area contributed by atoms with E-state index in [0.29, 0.717) is 0 Å². The zero-order valence-corrected chi connectivity index (χ0v) is 13.8. The van der Waals surface area contributed by atoms with Crippen molar-refractivity contribution in [1.29, 1.82) is 0 Å². The molecular formula is C14H20N8. The first kappa shape index (κ1) is 14.4. The smallest absolute Gasteiger partial charge is 0.182 e. The second kappa shape index (κ2) is 5.04. The van der Waals surface area contributed by atoms with Crippen molar-refractivity contribution in [1.82, 2.24) is 29.2 Å². The number of aromatic nitrogens is 6. The van der Waals surface area contributed by atoms with Gasteiger partial charge < -0.3 is 0 Å². The molecule has 0 saturated carbocycles. The number of hydrogen-bond donors (Lipinski definition) is 0. The van der Waals surface area contributed by atoms with Crippen LogP contribution in [0.3, 0.4) is 0 Å². The van der Waals surface area contributed by atoms with E-state index >= 15 is 0 Å². The Hall–Kier alpha value is -2.51. The Balaban J connectivity index is 2.12. The van der Waals surface area contributed by atoms with Gasteiger partial charge in [0.25, 0.3) is 0 Å². The van der Waals surface area contributed by atoms with Gasteiger partial charge in [-0.25, -0.2) is 9.36 Å². The van der Waals surface area contributed by atoms with E-state index in [2.05, 4.69) is 25.5 Å². The van der Waals surface area contributed by atoms with Gasteiger partial charge in [-0.15, -0.1) is 10.2 Å². The minimum absolute atomic E-state index is 0.740. The molecule has 0 aliphatic rings. The van der Waals surface area contributed by atoms with Gasteiger partial charge >= 0.3 is 0 Å². The summed E-state index contributed by atoms with van der Waals surface area (Å²) in [7, 11) is 1.88. The molecule has 0 spiro atoms. The van der Waals surface area contributed by atoms with E-state index in [9.17, 15) is 0 Å². The predicted molar refractivity (Wildman–Crippen MR) is 83.0 cm³/mol. The van der Waals surface area contributed by atoms with Crippen LogP contribution in [0.1, 0.15) is 29.7 Å². The van der Waals surface area contributed by atoms with Gasteiger partial charge in [0.1, 0.15) is 5.82 Å². The summed E-state index contributed by atoms with van der Waals surface area (Å²) in [6, 6.07) is 0. The second-order valence-corrected chi connectivity index (χ2v) is 5.39. The molecule has 8 heteroatoms. The molecule has 0 atom stereocenters. The van der Waals surface area contributed by atoms with E-state index in [1.807, 2.05) is 46.3 Å². The molecule has 8 nitrogen and oxygen atoms in total. The SMILES string of the molecule is CCn1nc(C)c(C)c1/N=N/c1c(C)nn2c(C)nn(C)c12. The first-order chi connectivity index (χ1) is 10.4. The maximum absolute atomic E-state index is 4.47. The third-order valence-corrected chi connectivity index (χ3v) is 3.85. The Morgan fingerprint density at radius 2 is 1.68 bits per heavy atom. The second-order valence-electron chi connectivity index (χ2n) is 5.39. The van der Waals surface area contributed by atoms with E-state index in [1.165, 1.54) is 0 Å². The van der Waals surface area contributed by atoms with E-state index in [0.717, 1.165) is 46.5 Å². The molecule has 0 fully saturated rings. The molecule has 0 aliphatic heterocycles. The van der Waals surface area contributed by atoms with Gasteiger partial charge in [0, 0.05) is 19.2 Å². The van der Waals surface area contributed by atoms with Crippen molar-refractivity contribution < 1.29 is 0 Å². The van der Waals surface area contributed by atoms with Crippen molar-refractivity contribution in [2.45, 2.75) is 41.2 Å². The largest absolute Gasteiger partial charge is 0.247 e. The molecule has 0 unspecified atom stereocenters. The molecule has 3 rings (SSSR count). The predicted octanol–water partition coefficient (Wildman–Crippen LogP) is 2.93. The average Bonchev–Trinajstić information content (AvgIpc) is 3.04. The first-order valence-electron chi connectivity index (χ1n) is 7.28. The highest BCUT2D eigenvalue weighted by Gasteiger charge is 2.16. The lowest BCUT2D eigenvalue weighted by atomic mass is 10.3. The zero-order chi connectivity index (χ0) is 16.0. The first-order valence-corrected chi connectivity index (χ1v) is 7.28. The van der Waals surface area contributed by atoms with Crippen molar-refractivity contribution in [3.05, 3.63) is 22.8 Å². The monoisotopic (exact) mass is 300 g/mol. The summed E-state index contributed by atoms with van der Waals surface area (Å²) in [4.78, 5) is 0. The molecule has 0 aliphatic carbocycles. The van der Waals surface area contributed by atoms with Crippen LogP contribution in [0.25, 0.3) is 5.65 Å². The van der Waals surface area contributed by atoms with Crippen LogP contribution in [0, 0.1) is 27.7 Å². The van der Waals surface area contributed by atoms with E-state index in [1.54, 1.807) is 9.20 Å². The maximum Gasteiger partial charge on any atom is 0.182 e. The molecule has 0 amide bonds. The van der Waals surface area contributed by atoms with E-state index < -0.39 is 0 Å². The fourth-order valence-electron chi connectivity index (χ4n) is 2.55. The Morgan fingerprint density at radius 1 is 0.955 bits per heavy atom. The van der Waals surface area contributed by atoms with Gasteiger partial charge in [-0.3, -0.25) is 0 Å². The number of azo groups is 1. The van der Waals surface area contributed by atoms with Gasteiger partial charge in [0.2, 0.25) is 0 Å². The Bertz CT molecular complexity index is 877. The van der Waals surface area contributed by atoms with Crippen LogP contribution >= 0.6 is 0 Å². The van der Waals surface area contributed by atoms with Gasteiger partial charge in [-0.1, -0.05) is 0 Å². The molecule has 0 aromatic carbocycles. The summed E-state index contributed by atoms with van der Waals surface area (Å²) in [6.07, 6.45) is 0. The van der Waals surface area contributed by atoms with Gasteiger partial charge in [0.15, 0.2) is 17.2 Å². The van der Waals surface area contributed by atoms with Gasteiger partial charge in [-0.05, 0) is 34.6 Å². The van der Waals surface area contributed by atoms with E-state index in [4.69, 9.17) is 0 Å². The Kier molecular flexibility index (Phi) is 3.31. The van der Waals surface area contributed by atoms with Crippen molar-refractivity contribution in [3.8, 4) is 0 Å². The van der Waals surface area contributed by atoms with Gasteiger partial charge in [0.05, 0.1) is 11.4 Å². The summed E-state index contributed by atoms with van der Waals surface area (Å²) in [5.74, 6) is 1.62. The number of fused-ring (bicyclic) bond motifs is 1. The van der Waals surface area contributed by atoms with E-state index in [-0.39, 0.29) is 0 Å². The molecule has 116 valence electrons. The summed E-state index contributed by atoms with van der Waals surface area (Å²) >= 11 is 0. The van der Waals surface area contributed by atoms with Crippen molar-refractivity contribution in [2.24, 2.45) is 17.3 Å². The number of aryl methyl sites for hydroxylation is 5. The fourth-order valence-corrected chi connectivity index (χ4v) is 2.55. The van der Waals surface area contributed by atoms with Crippen LogP contribution in [0.2, 0.25) is 0 Å². The topological polar surface area (TPSA) is 77.7 Å². The van der Waals surface area contributed by atoms with Crippen LogP contribution in [-0.4, -0.2) is 29.2 Å². The average molecular weight is 300 g/mol. The van der Waals surface area contributed by atoms with Crippen LogP contribution < -0.4 is 0 Å². The van der Waals surface area contributed by atoms with Crippen LogP contribution in [0.4, 0.5) is 11.5 Å².